The summed E-state index contributed by atoms with van der Waals surface area (Å²) in [5, 5.41) is 19.6. The van der Waals surface area contributed by atoms with Crippen LogP contribution in [0.5, 0.6) is 0 Å². The molecular weight excluding hydrogens is 248 g/mol. The van der Waals surface area contributed by atoms with Crippen LogP contribution in [0.2, 0.25) is 0 Å². The van der Waals surface area contributed by atoms with Crippen LogP contribution in [0.3, 0.4) is 0 Å². The number of rotatable bonds is 15. The lowest BCUT2D eigenvalue weighted by molar-refractivity contribution is 0.00738. The normalized spacial score (nSPS) is 14.4. The van der Waals surface area contributed by atoms with Crippen molar-refractivity contribution < 1.29 is 10.2 Å². The average molecular weight is 287 g/mol. The van der Waals surface area contributed by atoms with E-state index in [1.165, 1.54) is 57.8 Å². The molecule has 0 saturated heterocycles. The molecule has 0 aliphatic carbocycles. The Morgan fingerprint density at radius 3 is 1.30 bits per heavy atom. The second-order valence-corrected chi connectivity index (χ2v) is 6.25. The van der Waals surface area contributed by atoms with Crippen molar-refractivity contribution in [2.45, 2.75) is 116 Å². The van der Waals surface area contributed by atoms with E-state index in [0.717, 1.165) is 32.1 Å². The molecule has 2 N–H and O–H groups in total. The zero-order valence-electron chi connectivity index (χ0n) is 13.9. The summed E-state index contributed by atoms with van der Waals surface area (Å²) in [5.41, 5.74) is 0. The molecule has 122 valence electrons. The molecule has 2 nitrogen and oxygen atoms in total. The first-order valence-corrected chi connectivity index (χ1v) is 9.08. The van der Waals surface area contributed by atoms with Crippen LogP contribution in [0.15, 0.2) is 0 Å². The quantitative estimate of drug-likeness (QED) is 0.406. The highest BCUT2D eigenvalue weighted by Gasteiger charge is 2.14. The molecule has 0 aromatic rings. The number of aliphatic hydroxyl groups excluding tert-OH is 2. The average Bonchev–Trinajstić information content (AvgIpc) is 2.46. The van der Waals surface area contributed by atoms with Gasteiger partial charge in [0, 0.05) is 0 Å². The van der Waals surface area contributed by atoms with Crippen molar-refractivity contribution in [2.75, 3.05) is 0 Å². The molecular formula is C18H38O2. The van der Waals surface area contributed by atoms with Gasteiger partial charge in [0.25, 0.3) is 0 Å². The van der Waals surface area contributed by atoms with E-state index in [0.29, 0.717) is 0 Å². The maximum absolute atomic E-state index is 9.82. The molecule has 0 amide bonds. The summed E-state index contributed by atoms with van der Waals surface area (Å²) in [7, 11) is 0. The second kappa shape index (κ2) is 15.3. The first-order valence-electron chi connectivity index (χ1n) is 9.08. The van der Waals surface area contributed by atoms with Gasteiger partial charge in [-0.2, -0.15) is 0 Å². The van der Waals surface area contributed by atoms with Gasteiger partial charge in [0.15, 0.2) is 0 Å². The van der Waals surface area contributed by atoms with E-state index < -0.39 is 12.2 Å². The van der Waals surface area contributed by atoms with Gasteiger partial charge in [-0.1, -0.05) is 90.9 Å². The summed E-state index contributed by atoms with van der Waals surface area (Å²) < 4.78 is 0. The van der Waals surface area contributed by atoms with E-state index >= 15 is 0 Å². The van der Waals surface area contributed by atoms with Gasteiger partial charge < -0.3 is 10.2 Å². The number of unbranched alkanes of at least 4 members (excludes halogenated alkanes) is 10. The van der Waals surface area contributed by atoms with Crippen LogP contribution < -0.4 is 0 Å². The van der Waals surface area contributed by atoms with Crippen molar-refractivity contribution in [3.8, 4) is 0 Å². The molecule has 0 spiro atoms. The largest absolute Gasteiger partial charge is 0.390 e. The lowest BCUT2D eigenvalue weighted by atomic mass is 10.0. The summed E-state index contributed by atoms with van der Waals surface area (Å²) in [6, 6.07) is 0. The summed E-state index contributed by atoms with van der Waals surface area (Å²) in [6.07, 6.45) is 15.7. The standard InChI is InChI=1S/C18H38O2/c1-3-5-7-8-9-10-11-12-13-14-16-18(20)17(19)15-6-4-2/h17-20H,3-16H2,1-2H3. The van der Waals surface area contributed by atoms with Crippen LogP contribution in [0.1, 0.15) is 104 Å². The Hall–Kier alpha value is -0.0800. The van der Waals surface area contributed by atoms with Gasteiger partial charge in [0.05, 0.1) is 12.2 Å². The van der Waals surface area contributed by atoms with E-state index in [9.17, 15) is 10.2 Å². The predicted molar refractivity (Wildman–Crippen MR) is 88.0 cm³/mol. The maximum atomic E-state index is 9.82. The van der Waals surface area contributed by atoms with E-state index in [4.69, 9.17) is 0 Å². The fourth-order valence-corrected chi connectivity index (χ4v) is 2.64. The molecule has 0 aromatic heterocycles. The highest BCUT2D eigenvalue weighted by molar-refractivity contribution is 4.67. The maximum Gasteiger partial charge on any atom is 0.0799 e. The SMILES string of the molecule is CCCCCCCCCCCCC(O)C(O)CCCC. The minimum atomic E-state index is -0.506. The Bertz CT molecular complexity index is 182. The van der Waals surface area contributed by atoms with Crippen molar-refractivity contribution in [3.63, 3.8) is 0 Å². The fraction of sp³-hybridized carbons (Fsp3) is 1.00. The van der Waals surface area contributed by atoms with E-state index in [2.05, 4.69) is 13.8 Å². The van der Waals surface area contributed by atoms with Gasteiger partial charge >= 0.3 is 0 Å². The van der Waals surface area contributed by atoms with Gasteiger partial charge in [-0.25, -0.2) is 0 Å². The minimum absolute atomic E-state index is 0.504. The topological polar surface area (TPSA) is 40.5 Å². The van der Waals surface area contributed by atoms with Crippen LogP contribution >= 0.6 is 0 Å². The Morgan fingerprint density at radius 2 is 0.850 bits per heavy atom. The molecule has 0 aliphatic heterocycles. The highest BCUT2D eigenvalue weighted by atomic mass is 16.3. The molecule has 0 saturated carbocycles. The Morgan fingerprint density at radius 1 is 0.500 bits per heavy atom. The van der Waals surface area contributed by atoms with Crippen molar-refractivity contribution in [3.05, 3.63) is 0 Å². The van der Waals surface area contributed by atoms with E-state index in [-0.39, 0.29) is 0 Å². The van der Waals surface area contributed by atoms with Gasteiger partial charge in [-0.15, -0.1) is 0 Å². The van der Waals surface area contributed by atoms with E-state index in [1.807, 2.05) is 0 Å². The van der Waals surface area contributed by atoms with Crippen molar-refractivity contribution in [1.82, 2.24) is 0 Å². The lowest BCUT2D eigenvalue weighted by Crippen LogP contribution is -2.25. The van der Waals surface area contributed by atoms with Gasteiger partial charge in [0.2, 0.25) is 0 Å². The third-order valence-electron chi connectivity index (χ3n) is 4.15. The summed E-state index contributed by atoms with van der Waals surface area (Å²) in [5.74, 6) is 0. The molecule has 0 heterocycles. The molecule has 0 bridgehead atoms. The zero-order valence-corrected chi connectivity index (χ0v) is 13.9. The predicted octanol–water partition coefficient (Wildman–Crippen LogP) is 5.21. The molecule has 2 atom stereocenters. The summed E-state index contributed by atoms with van der Waals surface area (Å²) in [4.78, 5) is 0. The Kier molecular flexibility index (Phi) is 15.3. The monoisotopic (exact) mass is 286 g/mol. The summed E-state index contributed by atoms with van der Waals surface area (Å²) >= 11 is 0. The summed E-state index contributed by atoms with van der Waals surface area (Å²) in [6.45, 7) is 4.37. The van der Waals surface area contributed by atoms with Crippen LogP contribution in [0.25, 0.3) is 0 Å². The Balaban J connectivity index is 3.22. The minimum Gasteiger partial charge on any atom is -0.390 e. The van der Waals surface area contributed by atoms with Crippen LogP contribution in [0, 0.1) is 0 Å². The Labute approximate surface area is 127 Å². The molecule has 2 heteroatoms. The molecule has 0 aromatic carbocycles. The number of aliphatic hydroxyl groups is 2. The zero-order chi connectivity index (χ0) is 15.1. The van der Waals surface area contributed by atoms with Crippen LogP contribution in [-0.4, -0.2) is 22.4 Å². The highest BCUT2D eigenvalue weighted by Crippen LogP contribution is 2.14. The fourth-order valence-electron chi connectivity index (χ4n) is 2.64. The third-order valence-corrected chi connectivity index (χ3v) is 4.15. The van der Waals surface area contributed by atoms with Gasteiger partial charge in [-0.05, 0) is 12.8 Å². The number of hydrogen-bond acceptors (Lipinski definition) is 2. The molecule has 0 fully saturated rings. The lowest BCUT2D eigenvalue weighted by Gasteiger charge is -2.17. The van der Waals surface area contributed by atoms with Crippen LogP contribution in [-0.2, 0) is 0 Å². The first-order chi connectivity index (χ1) is 9.72. The van der Waals surface area contributed by atoms with Gasteiger partial charge in [-0.3, -0.25) is 0 Å². The molecule has 2 unspecified atom stereocenters. The number of hydrogen-bond donors (Lipinski definition) is 2. The van der Waals surface area contributed by atoms with E-state index in [1.54, 1.807) is 0 Å². The first kappa shape index (κ1) is 19.9. The van der Waals surface area contributed by atoms with Crippen molar-refractivity contribution in [1.29, 1.82) is 0 Å². The van der Waals surface area contributed by atoms with Gasteiger partial charge in [0.1, 0.15) is 0 Å². The smallest absolute Gasteiger partial charge is 0.0799 e. The van der Waals surface area contributed by atoms with Crippen LogP contribution in [0.4, 0.5) is 0 Å². The molecule has 0 rings (SSSR count). The third kappa shape index (κ3) is 12.9. The molecule has 0 radical (unpaired) electrons. The molecule has 0 aliphatic rings. The molecule has 20 heavy (non-hydrogen) atoms. The van der Waals surface area contributed by atoms with Crippen molar-refractivity contribution in [2.24, 2.45) is 0 Å². The second-order valence-electron chi connectivity index (χ2n) is 6.25. The van der Waals surface area contributed by atoms with Crippen molar-refractivity contribution >= 4 is 0 Å².